The van der Waals surface area contributed by atoms with Crippen molar-refractivity contribution < 1.29 is 25.8 Å². The molecule has 0 bridgehead atoms. The second-order valence-corrected chi connectivity index (χ2v) is 24.0. The van der Waals surface area contributed by atoms with Crippen LogP contribution in [0.25, 0.3) is 49.9 Å². The van der Waals surface area contributed by atoms with E-state index in [-0.39, 0.29) is 42.7 Å². The predicted molar refractivity (Wildman–Crippen MR) is 315 cm³/mol. The molecule has 0 atom stereocenters. The standard InChI is InChI=1S/C70H62N5O.Pt/c1-67(2,3)49-31-32-71-65(39-49)74-61-24-18-17-23-55(61)56-28-27-53(43-64(56)74)76-54-38-50(68(4,5)6)37-51(40-54)72-33-34-73(44-72)52-41-59-66-60(42-52)70(9,10)58-36-48(46-21-15-12-16-22-46)26-30-63(58)75(66)62-29-25-47(35-57(62)69(59,7)8)45-19-13-11-14-20-45;/h11-39,41-42,44H,1-10H3;/q-3;. The number of hydrogen-bond donors (Lipinski definition) is 0. The maximum Gasteiger partial charge on any atom is 0.135 e. The Bertz CT molecular complexity index is 3860. The summed E-state index contributed by atoms with van der Waals surface area (Å²) in [5.41, 5.74) is 19.2. The van der Waals surface area contributed by atoms with Gasteiger partial charge in [-0.25, -0.2) is 4.98 Å². The number of anilines is 5. The first-order chi connectivity index (χ1) is 36.4. The van der Waals surface area contributed by atoms with Gasteiger partial charge < -0.3 is 24.0 Å². The number of hydrogen-bond acceptors (Lipinski definition) is 5. The van der Waals surface area contributed by atoms with E-state index in [4.69, 9.17) is 9.72 Å². The molecule has 8 aromatic carbocycles. The Labute approximate surface area is 468 Å². The summed E-state index contributed by atoms with van der Waals surface area (Å²) in [6, 6.07) is 69.2. The molecule has 0 spiro atoms. The molecule has 0 aliphatic carbocycles. The second-order valence-electron chi connectivity index (χ2n) is 24.0. The Morgan fingerprint density at radius 1 is 0.506 bits per heavy atom. The van der Waals surface area contributed by atoms with Crippen LogP contribution in [0, 0.1) is 18.8 Å². The van der Waals surface area contributed by atoms with Gasteiger partial charge in [0.05, 0.1) is 17.1 Å². The maximum atomic E-state index is 6.86. The molecule has 0 unspecified atom stereocenters. The van der Waals surface area contributed by atoms with Gasteiger partial charge >= 0.3 is 0 Å². The predicted octanol–water partition coefficient (Wildman–Crippen LogP) is 18.2. The van der Waals surface area contributed by atoms with Crippen molar-refractivity contribution in [3.05, 3.63) is 241 Å². The van der Waals surface area contributed by atoms with Crippen molar-refractivity contribution in [1.82, 2.24) is 9.55 Å². The van der Waals surface area contributed by atoms with Crippen molar-refractivity contribution in [2.24, 2.45) is 0 Å². The molecule has 0 radical (unpaired) electrons. The number of fused-ring (bicyclic) bond motifs is 7. The van der Waals surface area contributed by atoms with E-state index >= 15 is 0 Å². The Kier molecular flexibility index (Phi) is 11.9. The second kappa shape index (κ2) is 18.2. The Morgan fingerprint density at radius 2 is 1.09 bits per heavy atom. The zero-order valence-corrected chi connectivity index (χ0v) is 47.7. The minimum atomic E-state index is -0.333. The van der Waals surface area contributed by atoms with E-state index in [9.17, 15) is 0 Å². The van der Waals surface area contributed by atoms with E-state index in [2.05, 4.69) is 283 Å². The Hall–Kier alpha value is -7.66. The topological polar surface area (TPSA) is 36.8 Å². The molecule has 7 heteroatoms. The minimum absolute atomic E-state index is 0. The van der Waals surface area contributed by atoms with Gasteiger partial charge in [-0.05, 0) is 133 Å². The van der Waals surface area contributed by atoms with Gasteiger partial charge in [0.2, 0.25) is 0 Å². The van der Waals surface area contributed by atoms with Crippen LogP contribution < -0.4 is 19.4 Å². The van der Waals surface area contributed by atoms with Crippen molar-refractivity contribution in [2.75, 3.05) is 14.7 Å². The quantitative estimate of drug-likeness (QED) is 0.149. The van der Waals surface area contributed by atoms with Crippen LogP contribution in [0.1, 0.15) is 103 Å². The third-order valence-electron chi connectivity index (χ3n) is 16.2. The first-order valence-electron chi connectivity index (χ1n) is 26.6. The third-order valence-corrected chi connectivity index (χ3v) is 16.2. The molecule has 386 valence electrons. The van der Waals surface area contributed by atoms with E-state index < -0.39 is 0 Å². The van der Waals surface area contributed by atoms with Crippen molar-refractivity contribution in [1.29, 1.82) is 0 Å². The summed E-state index contributed by atoms with van der Waals surface area (Å²) < 4.78 is 9.07. The SMILES string of the molecule is CC(C)(C)c1cc(Oc2[c-]c3c(cc2)c2ccccc2n3-c2cc(C(C)(C)C)ccn2)[c-]c(N2C=CN(c3cc4c5c(c3)C(C)(C)c3cc(-c6ccccc6)ccc3N5c3ccc(-c5ccccc5)cc3C4(C)C)[CH-]2)c1.[Pt]. The van der Waals surface area contributed by atoms with E-state index in [0.29, 0.717) is 11.5 Å². The first kappa shape index (κ1) is 50.2. The monoisotopic (exact) mass is 1180 g/mol. The van der Waals surface area contributed by atoms with Crippen LogP contribution in [0.5, 0.6) is 11.5 Å². The number of benzene rings is 8. The van der Waals surface area contributed by atoms with Gasteiger partial charge in [0.1, 0.15) is 5.82 Å². The molecule has 0 fully saturated rings. The van der Waals surface area contributed by atoms with Crippen LogP contribution in [-0.4, -0.2) is 9.55 Å². The Balaban J connectivity index is 0.00000596. The molecule has 77 heavy (non-hydrogen) atoms. The zero-order valence-electron chi connectivity index (χ0n) is 45.4. The summed E-state index contributed by atoms with van der Waals surface area (Å²) in [7, 11) is 0. The molecular formula is C70H62N5OPt-3. The summed E-state index contributed by atoms with van der Waals surface area (Å²) >= 11 is 0. The van der Waals surface area contributed by atoms with Crippen LogP contribution in [0.2, 0.25) is 0 Å². The van der Waals surface area contributed by atoms with Crippen molar-refractivity contribution in [3.63, 3.8) is 0 Å². The molecular weight excluding hydrogens is 1120 g/mol. The smallest absolute Gasteiger partial charge is 0.135 e. The van der Waals surface area contributed by atoms with Crippen LogP contribution in [0.4, 0.5) is 28.4 Å². The van der Waals surface area contributed by atoms with Crippen molar-refractivity contribution in [2.45, 2.75) is 90.9 Å². The Morgan fingerprint density at radius 3 is 1.70 bits per heavy atom. The zero-order chi connectivity index (χ0) is 52.5. The first-order valence-corrected chi connectivity index (χ1v) is 26.6. The molecule has 0 amide bonds. The molecule has 3 aliphatic rings. The van der Waals surface area contributed by atoms with Gasteiger partial charge in [0.15, 0.2) is 0 Å². The average Bonchev–Trinajstić information content (AvgIpc) is 4.05. The van der Waals surface area contributed by atoms with E-state index in [1.807, 2.05) is 12.3 Å². The van der Waals surface area contributed by atoms with E-state index in [1.165, 1.54) is 67.1 Å². The minimum Gasteiger partial charge on any atom is -0.509 e. The summed E-state index contributed by atoms with van der Waals surface area (Å²) in [5, 5.41) is 2.23. The number of ether oxygens (including phenoxy) is 1. The molecule has 2 aromatic heterocycles. The number of pyridine rings is 1. The maximum absolute atomic E-state index is 6.86. The van der Waals surface area contributed by atoms with Crippen LogP contribution in [0.15, 0.2) is 188 Å². The summed E-state index contributed by atoms with van der Waals surface area (Å²) in [4.78, 5) is 11.9. The number of rotatable bonds is 7. The van der Waals surface area contributed by atoms with Crippen molar-refractivity contribution in [3.8, 4) is 39.6 Å². The normalized spacial score (nSPS) is 15.1. The fourth-order valence-corrected chi connectivity index (χ4v) is 11.8. The van der Waals surface area contributed by atoms with Gasteiger partial charge in [-0.2, -0.15) is 6.07 Å². The number of nitrogens with zero attached hydrogens (tertiary/aromatic N) is 5. The molecule has 0 saturated carbocycles. The van der Waals surface area contributed by atoms with Crippen LogP contribution in [0.3, 0.4) is 0 Å². The number of para-hydroxylation sites is 1. The van der Waals surface area contributed by atoms with Crippen molar-refractivity contribution >= 4 is 50.2 Å². The third kappa shape index (κ3) is 8.39. The summed E-state index contributed by atoms with van der Waals surface area (Å²) in [5.74, 6) is 2.09. The average molecular weight is 1180 g/mol. The van der Waals surface area contributed by atoms with Gasteiger partial charge in [-0.3, -0.25) is 0 Å². The van der Waals surface area contributed by atoms with Gasteiger partial charge in [-0.15, -0.1) is 53.6 Å². The molecule has 3 aliphatic heterocycles. The molecule has 0 saturated heterocycles. The van der Waals surface area contributed by atoms with Gasteiger partial charge in [-0.1, -0.05) is 166 Å². The molecule has 6 nitrogen and oxygen atoms in total. The fraction of sp³-hybridized carbons (Fsp3) is 0.200. The summed E-state index contributed by atoms with van der Waals surface area (Å²) in [6.45, 7) is 25.2. The number of aromatic nitrogens is 2. The molecule has 5 heterocycles. The van der Waals surface area contributed by atoms with Crippen LogP contribution in [-0.2, 0) is 42.7 Å². The summed E-state index contributed by atoms with van der Waals surface area (Å²) in [6.07, 6.45) is 6.21. The molecule has 10 aromatic rings. The van der Waals surface area contributed by atoms with Gasteiger partial charge in [0, 0.05) is 60.8 Å². The van der Waals surface area contributed by atoms with E-state index in [0.717, 1.165) is 44.6 Å². The van der Waals surface area contributed by atoms with Gasteiger partial charge in [0.25, 0.3) is 0 Å². The fourth-order valence-electron chi connectivity index (χ4n) is 11.8. The van der Waals surface area contributed by atoms with E-state index in [1.54, 1.807) is 0 Å². The molecule has 13 rings (SSSR count). The largest absolute Gasteiger partial charge is 0.509 e. The molecule has 0 N–H and O–H groups in total. The van der Waals surface area contributed by atoms with Crippen LogP contribution >= 0.6 is 0 Å².